The van der Waals surface area contributed by atoms with Crippen molar-refractivity contribution < 1.29 is 9.47 Å². The summed E-state index contributed by atoms with van der Waals surface area (Å²) in [5, 5.41) is 6.73. The second-order valence-electron chi connectivity index (χ2n) is 6.79. The van der Waals surface area contributed by atoms with Crippen molar-refractivity contribution in [2.75, 3.05) is 21.3 Å². The first-order valence-corrected chi connectivity index (χ1v) is 9.17. The van der Waals surface area contributed by atoms with Gasteiger partial charge in [-0.25, -0.2) is 4.98 Å². The summed E-state index contributed by atoms with van der Waals surface area (Å²) < 4.78 is 13.0. The van der Waals surface area contributed by atoms with Crippen LogP contribution in [0, 0.1) is 5.92 Å². The molecule has 2 rings (SSSR count). The van der Waals surface area contributed by atoms with E-state index in [1.807, 2.05) is 30.6 Å². The van der Waals surface area contributed by atoms with Gasteiger partial charge in [0.1, 0.15) is 17.3 Å². The first kappa shape index (κ1) is 20.6. The van der Waals surface area contributed by atoms with Gasteiger partial charge in [-0.05, 0) is 31.0 Å². The van der Waals surface area contributed by atoms with Crippen LogP contribution in [0.4, 0.5) is 0 Å². The van der Waals surface area contributed by atoms with Crippen molar-refractivity contribution in [3.05, 3.63) is 42.0 Å². The zero-order valence-electron chi connectivity index (χ0n) is 17.1. The van der Waals surface area contributed by atoms with E-state index >= 15 is 0 Å². The Bertz CT molecular complexity index is 755. The number of ether oxygens (including phenoxy) is 2. The number of aromatic nitrogens is 2. The van der Waals surface area contributed by atoms with Gasteiger partial charge >= 0.3 is 0 Å². The number of methoxy groups -OCH3 is 2. The number of nitrogens with one attached hydrogen (secondary N) is 2. The number of rotatable bonds is 8. The van der Waals surface area contributed by atoms with Crippen LogP contribution >= 0.6 is 0 Å². The van der Waals surface area contributed by atoms with Crippen LogP contribution in [0.1, 0.15) is 38.2 Å². The van der Waals surface area contributed by atoms with Crippen molar-refractivity contribution in [2.24, 2.45) is 10.9 Å². The molecule has 0 fully saturated rings. The number of hydrogen-bond acceptors (Lipinski definition) is 4. The fraction of sp³-hybridized carbons (Fsp3) is 0.500. The molecule has 2 aromatic rings. The van der Waals surface area contributed by atoms with E-state index in [0.29, 0.717) is 18.4 Å². The highest BCUT2D eigenvalue weighted by Gasteiger charge is 2.15. The summed E-state index contributed by atoms with van der Waals surface area (Å²) >= 11 is 0. The van der Waals surface area contributed by atoms with Gasteiger partial charge in [0, 0.05) is 31.5 Å². The molecule has 2 N–H and O–H groups in total. The Morgan fingerprint density at radius 3 is 2.63 bits per heavy atom. The van der Waals surface area contributed by atoms with Crippen LogP contribution < -0.4 is 20.1 Å². The summed E-state index contributed by atoms with van der Waals surface area (Å²) in [6.07, 6.45) is 3.84. The van der Waals surface area contributed by atoms with Crippen molar-refractivity contribution >= 4 is 5.96 Å². The predicted octanol–water partition coefficient (Wildman–Crippen LogP) is 2.98. The maximum atomic E-state index is 5.48. The Morgan fingerprint density at radius 1 is 1.22 bits per heavy atom. The molecule has 0 saturated heterocycles. The predicted molar refractivity (Wildman–Crippen MR) is 108 cm³/mol. The molecule has 0 radical (unpaired) electrons. The highest BCUT2D eigenvalue weighted by atomic mass is 16.5. The molecule has 0 spiro atoms. The van der Waals surface area contributed by atoms with Crippen molar-refractivity contribution in [1.29, 1.82) is 0 Å². The molecule has 0 bridgehead atoms. The Morgan fingerprint density at radius 2 is 2.00 bits per heavy atom. The summed E-state index contributed by atoms with van der Waals surface area (Å²) in [4.78, 5) is 8.77. The lowest BCUT2D eigenvalue weighted by Crippen LogP contribution is -2.39. The number of nitrogens with zero attached hydrogens (tertiary/aromatic N) is 3. The Kier molecular flexibility index (Phi) is 7.52. The monoisotopic (exact) mass is 373 g/mol. The summed E-state index contributed by atoms with van der Waals surface area (Å²) in [6.45, 7) is 7.99. The summed E-state index contributed by atoms with van der Waals surface area (Å²) in [7, 11) is 5.08. The highest BCUT2D eigenvalue weighted by Crippen LogP contribution is 2.29. The Hall–Kier alpha value is -2.70. The van der Waals surface area contributed by atoms with Gasteiger partial charge < -0.3 is 24.7 Å². The molecule has 1 aromatic heterocycles. The molecular weight excluding hydrogens is 342 g/mol. The first-order valence-electron chi connectivity index (χ1n) is 9.17. The van der Waals surface area contributed by atoms with Crippen LogP contribution in [0.5, 0.6) is 11.5 Å². The summed E-state index contributed by atoms with van der Waals surface area (Å²) in [5.74, 6) is 3.84. The van der Waals surface area contributed by atoms with Crippen molar-refractivity contribution in [1.82, 2.24) is 20.2 Å². The zero-order chi connectivity index (χ0) is 19.8. The van der Waals surface area contributed by atoms with Crippen molar-refractivity contribution in [3.63, 3.8) is 0 Å². The van der Waals surface area contributed by atoms with Gasteiger partial charge in [-0.1, -0.05) is 13.8 Å². The van der Waals surface area contributed by atoms with Gasteiger partial charge in [0.05, 0.1) is 26.8 Å². The van der Waals surface area contributed by atoms with Gasteiger partial charge in [0.15, 0.2) is 5.96 Å². The number of benzene rings is 1. The number of hydrogen-bond donors (Lipinski definition) is 2. The average Bonchev–Trinajstić information content (AvgIpc) is 3.10. The van der Waals surface area contributed by atoms with E-state index < -0.39 is 0 Å². The molecule has 1 heterocycles. The summed E-state index contributed by atoms with van der Waals surface area (Å²) in [6, 6.07) is 5.75. The van der Waals surface area contributed by atoms with E-state index in [2.05, 4.69) is 45.9 Å². The molecule has 7 heteroatoms. The van der Waals surface area contributed by atoms with E-state index in [1.54, 1.807) is 21.3 Å². The fourth-order valence-corrected chi connectivity index (χ4v) is 2.88. The van der Waals surface area contributed by atoms with E-state index in [1.165, 1.54) is 0 Å². The van der Waals surface area contributed by atoms with Gasteiger partial charge in [0.25, 0.3) is 0 Å². The van der Waals surface area contributed by atoms with E-state index in [9.17, 15) is 0 Å². The molecule has 0 aliphatic rings. The SMILES string of the molecule is CN=C(NCc1nccn1CC(C)C)NC(C)c1cc(OC)ccc1OC. The topological polar surface area (TPSA) is 72.7 Å². The maximum Gasteiger partial charge on any atom is 0.191 e. The van der Waals surface area contributed by atoms with Crippen molar-refractivity contribution in [2.45, 2.75) is 39.9 Å². The highest BCUT2D eigenvalue weighted by molar-refractivity contribution is 5.80. The largest absolute Gasteiger partial charge is 0.497 e. The van der Waals surface area contributed by atoms with E-state index in [-0.39, 0.29) is 6.04 Å². The van der Waals surface area contributed by atoms with Crippen LogP contribution in [0.2, 0.25) is 0 Å². The van der Waals surface area contributed by atoms with Gasteiger partial charge in [0.2, 0.25) is 0 Å². The minimum atomic E-state index is -0.0170. The van der Waals surface area contributed by atoms with Crippen LogP contribution in [-0.4, -0.2) is 36.8 Å². The molecule has 0 amide bonds. The lowest BCUT2D eigenvalue weighted by Gasteiger charge is -2.21. The molecule has 148 valence electrons. The lowest BCUT2D eigenvalue weighted by molar-refractivity contribution is 0.394. The number of aliphatic imine (C=N–C) groups is 1. The minimum Gasteiger partial charge on any atom is -0.497 e. The zero-order valence-corrected chi connectivity index (χ0v) is 17.1. The molecule has 1 aromatic carbocycles. The van der Waals surface area contributed by atoms with Gasteiger partial charge in [-0.2, -0.15) is 0 Å². The van der Waals surface area contributed by atoms with Crippen LogP contribution in [0.15, 0.2) is 35.6 Å². The quantitative estimate of drug-likeness (QED) is 0.550. The van der Waals surface area contributed by atoms with Crippen LogP contribution in [0.25, 0.3) is 0 Å². The smallest absolute Gasteiger partial charge is 0.191 e. The molecule has 1 unspecified atom stereocenters. The molecule has 1 atom stereocenters. The third-order valence-electron chi connectivity index (χ3n) is 4.26. The Balaban J connectivity index is 2.04. The van der Waals surface area contributed by atoms with Crippen molar-refractivity contribution in [3.8, 4) is 11.5 Å². The number of imidazole rings is 1. The Labute approximate surface area is 161 Å². The molecule has 0 aliphatic carbocycles. The fourth-order valence-electron chi connectivity index (χ4n) is 2.88. The summed E-state index contributed by atoms with van der Waals surface area (Å²) in [5.41, 5.74) is 1.00. The van der Waals surface area contributed by atoms with Gasteiger partial charge in [-0.15, -0.1) is 0 Å². The third kappa shape index (κ3) is 5.64. The third-order valence-corrected chi connectivity index (χ3v) is 4.26. The molecule has 0 saturated carbocycles. The van der Waals surface area contributed by atoms with Gasteiger partial charge in [-0.3, -0.25) is 4.99 Å². The van der Waals surface area contributed by atoms with Crippen LogP contribution in [0.3, 0.4) is 0 Å². The van der Waals surface area contributed by atoms with Crippen LogP contribution in [-0.2, 0) is 13.1 Å². The molecule has 0 aliphatic heterocycles. The average molecular weight is 374 g/mol. The number of guanidine groups is 1. The lowest BCUT2D eigenvalue weighted by atomic mass is 10.1. The van der Waals surface area contributed by atoms with E-state index in [0.717, 1.165) is 29.4 Å². The normalized spacial score (nSPS) is 12.8. The molecular formula is C20H31N5O2. The standard InChI is InChI=1S/C20H31N5O2/c1-14(2)13-25-10-9-22-19(25)12-23-20(21-4)24-15(3)17-11-16(26-5)7-8-18(17)27-6/h7-11,14-15H,12-13H2,1-6H3,(H2,21,23,24). The molecule has 27 heavy (non-hydrogen) atoms. The second kappa shape index (κ2) is 9.85. The van der Waals surface area contributed by atoms with E-state index in [4.69, 9.17) is 9.47 Å². The second-order valence-corrected chi connectivity index (χ2v) is 6.79. The maximum absolute atomic E-state index is 5.48. The first-order chi connectivity index (χ1) is 13.0. The minimum absolute atomic E-state index is 0.0170. The molecule has 7 nitrogen and oxygen atoms in total.